The van der Waals surface area contributed by atoms with E-state index < -0.39 is 58.1 Å². The van der Waals surface area contributed by atoms with Gasteiger partial charge in [-0.15, -0.1) is 0 Å². The first-order valence-electron chi connectivity index (χ1n) is 10.9. The van der Waals surface area contributed by atoms with E-state index in [1.165, 1.54) is 35.4 Å². The SMILES string of the molecule is CC(C)N1C=C2N(C(=O)C(N)CN2S(=O)(=O)c2ccc(Cl)cc2Cl)C(Cc2ccc(F)c(F)c2)C1=O. The van der Waals surface area contributed by atoms with Crippen molar-refractivity contribution in [2.24, 2.45) is 5.73 Å². The molecule has 2 unspecified atom stereocenters. The first-order valence-corrected chi connectivity index (χ1v) is 13.1. The Hall–Kier alpha value is -2.73. The molecule has 0 aromatic heterocycles. The van der Waals surface area contributed by atoms with Crippen LogP contribution in [-0.2, 0) is 26.0 Å². The van der Waals surface area contributed by atoms with Crippen LogP contribution in [0.4, 0.5) is 8.78 Å². The van der Waals surface area contributed by atoms with E-state index in [2.05, 4.69) is 0 Å². The fourth-order valence-electron chi connectivity index (χ4n) is 4.17. The van der Waals surface area contributed by atoms with E-state index >= 15 is 0 Å². The average Bonchev–Trinajstić information content (AvgIpc) is 2.79. The van der Waals surface area contributed by atoms with Gasteiger partial charge in [-0.25, -0.2) is 21.5 Å². The zero-order valence-electron chi connectivity index (χ0n) is 19.2. The fourth-order valence-corrected chi connectivity index (χ4v) is 6.39. The maximum Gasteiger partial charge on any atom is 0.267 e. The number of hydrogen-bond donors (Lipinski definition) is 1. The van der Waals surface area contributed by atoms with Crippen LogP contribution >= 0.6 is 23.2 Å². The van der Waals surface area contributed by atoms with Gasteiger partial charge in [0, 0.05) is 23.7 Å². The highest BCUT2D eigenvalue weighted by molar-refractivity contribution is 7.89. The van der Waals surface area contributed by atoms with Crippen LogP contribution in [0.5, 0.6) is 0 Å². The highest BCUT2D eigenvalue weighted by Crippen LogP contribution is 2.36. The summed E-state index contributed by atoms with van der Waals surface area (Å²) in [5.74, 6) is -3.49. The summed E-state index contributed by atoms with van der Waals surface area (Å²) in [6.07, 6.45) is 1.07. The monoisotopic (exact) mass is 558 g/mol. The van der Waals surface area contributed by atoms with Crippen LogP contribution in [-0.4, -0.2) is 59.0 Å². The number of carbonyl (C=O) groups is 2. The smallest absolute Gasteiger partial charge is 0.267 e. The van der Waals surface area contributed by atoms with Gasteiger partial charge in [0.15, 0.2) is 11.6 Å². The van der Waals surface area contributed by atoms with E-state index in [1.54, 1.807) is 13.8 Å². The maximum absolute atomic E-state index is 13.9. The van der Waals surface area contributed by atoms with E-state index in [4.69, 9.17) is 28.9 Å². The molecule has 0 saturated carbocycles. The Balaban J connectivity index is 1.85. The van der Waals surface area contributed by atoms with Crippen molar-refractivity contribution in [2.75, 3.05) is 6.54 Å². The molecular formula is C23H22Cl2F2N4O4S. The molecule has 0 aliphatic carbocycles. The molecule has 2 amide bonds. The number of fused-ring (bicyclic) bond motifs is 1. The van der Waals surface area contributed by atoms with Crippen LogP contribution in [0.3, 0.4) is 0 Å². The molecule has 2 N–H and O–H groups in total. The molecule has 2 aromatic carbocycles. The number of benzene rings is 2. The van der Waals surface area contributed by atoms with Crippen LogP contribution in [0, 0.1) is 11.6 Å². The molecule has 2 atom stereocenters. The first-order chi connectivity index (χ1) is 16.8. The number of amides is 2. The predicted octanol–water partition coefficient (Wildman–Crippen LogP) is 3.09. The van der Waals surface area contributed by atoms with Crippen molar-refractivity contribution in [2.45, 2.75) is 43.3 Å². The zero-order valence-corrected chi connectivity index (χ0v) is 21.5. The Kier molecular flexibility index (Phi) is 7.04. The Bertz CT molecular complexity index is 1390. The molecule has 2 aliphatic heterocycles. The summed E-state index contributed by atoms with van der Waals surface area (Å²) >= 11 is 12.1. The Morgan fingerprint density at radius 2 is 1.75 bits per heavy atom. The summed E-state index contributed by atoms with van der Waals surface area (Å²) < 4.78 is 55.7. The minimum atomic E-state index is -4.36. The summed E-state index contributed by atoms with van der Waals surface area (Å²) in [6, 6.07) is 4.04. The normalized spacial score (nSPS) is 20.7. The van der Waals surface area contributed by atoms with Crippen molar-refractivity contribution in [1.29, 1.82) is 0 Å². The van der Waals surface area contributed by atoms with Gasteiger partial charge in [-0.2, -0.15) is 0 Å². The molecule has 0 bridgehead atoms. The summed E-state index contributed by atoms with van der Waals surface area (Å²) in [5, 5.41) is 0.0946. The van der Waals surface area contributed by atoms with Gasteiger partial charge < -0.3 is 10.6 Å². The standard InChI is InChI=1S/C23H22Cl2F2N4O4S/c1-12(2)29-11-21-30(36(34,35)20-6-4-14(24)9-15(20)25)10-18(28)22(32)31(21)19(23(29)33)8-13-3-5-16(26)17(27)7-13/h3-7,9,11-12,18-19H,8,10,28H2,1-2H3. The number of hydrogen-bond acceptors (Lipinski definition) is 5. The third-order valence-electron chi connectivity index (χ3n) is 5.96. The highest BCUT2D eigenvalue weighted by atomic mass is 35.5. The number of nitrogens with two attached hydrogens (primary N) is 1. The third kappa shape index (κ3) is 4.56. The summed E-state index contributed by atoms with van der Waals surface area (Å²) in [7, 11) is -4.36. The van der Waals surface area contributed by atoms with Crippen molar-refractivity contribution in [3.05, 3.63) is 75.7 Å². The van der Waals surface area contributed by atoms with Gasteiger partial charge in [0.2, 0.25) is 11.8 Å². The van der Waals surface area contributed by atoms with Gasteiger partial charge in [-0.1, -0.05) is 29.3 Å². The van der Waals surface area contributed by atoms with Crippen molar-refractivity contribution in [3.63, 3.8) is 0 Å². The Morgan fingerprint density at radius 3 is 2.36 bits per heavy atom. The zero-order chi connectivity index (χ0) is 26.5. The van der Waals surface area contributed by atoms with E-state index in [1.807, 2.05) is 0 Å². The number of rotatable bonds is 5. The van der Waals surface area contributed by atoms with Crippen LogP contribution < -0.4 is 5.73 Å². The molecule has 1 fully saturated rings. The number of halogens is 4. The summed E-state index contributed by atoms with van der Waals surface area (Å²) in [6.45, 7) is 3.02. The summed E-state index contributed by atoms with van der Waals surface area (Å²) in [5.41, 5.74) is 6.27. The topological polar surface area (TPSA) is 104 Å². The molecule has 36 heavy (non-hydrogen) atoms. The van der Waals surface area contributed by atoms with Gasteiger partial charge in [0.1, 0.15) is 22.8 Å². The quantitative estimate of drug-likeness (QED) is 0.607. The second kappa shape index (κ2) is 9.62. The lowest BCUT2D eigenvalue weighted by Crippen LogP contribution is -2.66. The fraction of sp³-hybridized carbons (Fsp3) is 0.304. The summed E-state index contributed by atoms with van der Waals surface area (Å²) in [4.78, 5) is 28.7. The van der Waals surface area contributed by atoms with Crippen molar-refractivity contribution in [1.82, 2.24) is 14.1 Å². The lowest BCUT2D eigenvalue weighted by molar-refractivity contribution is -0.149. The van der Waals surface area contributed by atoms with Gasteiger partial charge in [-0.3, -0.25) is 14.5 Å². The lowest BCUT2D eigenvalue weighted by Gasteiger charge is -2.48. The second-order valence-electron chi connectivity index (χ2n) is 8.72. The Morgan fingerprint density at radius 1 is 1.06 bits per heavy atom. The van der Waals surface area contributed by atoms with Crippen molar-refractivity contribution < 1.29 is 26.8 Å². The largest absolute Gasteiger partial charge is 0.318 e. The molecule has 2 aromatic rings. The molecule has 4 rings (SSSR count). The minimum Gasteiger partial charge on any atom is -0.318 e. The lowest BCUT2D eigenvalue weighted by atomic mass is 9.99. The molecule has 192 valence electrons. The molecule has 0 spiro atoms. The molecule has 13 heteroatoms. The van der Waals surface area contributed by atoms with Crippen LogP contribution in [0.25, 0.3) is 0 Å². The van der Waals surface area contributed by atoms with Crippen LogP contribution in [0.15, 0.2) is 53.3 Å². The Labute approximate surface area is 216 Å². The molecule has 1 saturated heterocycles. The van der Waals surface area contributed by atoms with Crippen molar-refractivity contribution >= 4 is 45.0 Å². The molecule has 2 aliphatic rings. The second-order valence-corrected chi connectivity index (χ2v) is 11.4. The molecule has 2 heterocycles. The maximum atomic E-state index is 13.9. The van der Waals surface area contributed by atoms with E-state index in [-0.39, 0.29) is 32.7 Å². The van der Waals surface area contributed by atoms with Crippen molar-refractivity contribution in [3.8, 4) is 0 Å². The number of carbonyl (C=O) groups excluding carboxylic acids is 2. The van der Waals surface area contributed by atoms with Gasteiger partial charge >= 0.3 is 0 Å². The molecule has 8 nitrogen and oxygen atoms in total. The third-order valence-corrected chi connectivity index (χ3v) is 8.44. The number of sulfonamides is 1. The highest BCUT2D eigenvalue weighted by Gasteiger charge is 2.49. The molecule has 0 radical (unpaired) electrons. The number of nitrogens with zero attached hydrogens (tertiary/aromatic N) is 3. The van der Waals surface area contributed by atoms with Gasteiger partial charge in [0.25, 0.3) is 10.0 Å². The average molecular weight is 559 g/mol. The predicted molar refractivity (Wildman–Crippen MR) is 129 cm³/mol. The van der Waals surface area contributed by atoms with Gasteiger partial charge in [-0.05, 0) is 49.7 Å². The first kappa shape index (κ1) is 26.3. The van der Waals surface area contributed by atoms with E-state index in [0.717, 1.165) is 21.3 Å². The van der Waals surface area contributed by atoms with Crippen LogP contribution in [0.1, 0.15) is 19.4 Å². The molecular weight excluding hydrogens is 537 g/mol. The van der Waals surface area contributed by atoms with E-state index in [0.29, 0.717) is 0 Å². The van der Waals surface area contributed by atoms with Crippen LogP contribution in [0.2, 0.25) is 10.0 Å². The van der Waals surface area contributed by atoms with E-state index in [9.17, 15) is 26.8 Å². The minimum absolute atomic E-state index is 0.103. The van der Waals surface area contributed by atoms with Gasteiger partial charge in [0.05, 0.1) is 11.6 Å².